The number of guanidine groups is 1. The minimum Gasteiger partial charge on any atom is -0.493 e. The summed E-state index contributed by atoms with van der Waals surface area (Å²) in [6, 6.07) is 12.8. The molecule has 2 aromatic rings. The molecule has 0 fully saturated rings. The van der Waals surface area contributed by atoms with Crippen LogP contribution in [-0.4, -0.2) is 31.1 Å². The van der Waals surface area contributed by atoms with E-state index in [1.54, 1.807) is 19.2 Å². The van der Waals surface area contributed by atoms with Gasteiger partial charge < -0.3 is 15.4 Å². The highest BCUT2D eigenvalue weighted by atomic mass is 16.6. The van der Waals surface area contributed by atoms with E-state index in [2.05, 4.69) is 27.8 Å². The Morgan fingerprint density at radius 1 is 1.19 bits per heavy atom. The maximum Gasteiger partial charge on any atom is 0.269 e. The number of hydrogen-bond acceptors (Lipinski definition) is 4. The zero-order valence-electron chi connectivity index (χ0n) is 14.7. The molecule has 0 saturated carbocycles. The summed E-state index contributed by atoms with van der Waals surface area (Å²) in [5.41, 5.74) is 3.60. The zero-order chi connectivity index (χ0) is 18.4. The largest absolute Gasteiger partial charge is 0.493 e. The molecule has 1 aliphatic heterocycles. The Morgan fingerprint density at radius 2 is 1.96 bits per heavy atom. The highest BCUT2D eigenvalue weighted by Crippen LogP contribution is 2.25. The van der Waals surface area contributed by atoms with Crippen molar-refractivity contribution in [3.8, 4) is 5.75 Å². The fourth-order valence-electron chi connectivity index (χ4n) is 2.86. The van der Waals surface area contributed by atoms with Crippen LogP contribution in [0, 0.1) is 10.1 Å². The van der Waals surface area contributed by atoms with Gasteiger partial charge in [0.05, 0.1) is 11.5 Å². The third-order valence-electron chi connectivity index (χ3n) is 4.29. The summed E-state index contributed by atoms with van der Waals surface area (Å²) in [7, 11) is 1.72. The molecule has 7 heteroatoms. The molecule has 0 amide bonds. The van der Waals surface area contributed by atoms with Crippen LogP contribution in [0.4, 0.5) is 5.69 Å². The summed E-state index contributed by atoms with van der Waals surface area (Å²) in [6.45, 7) is 2.09. The summed E-state index contributed by atoms with van der Waals surface area (Å²) in [5.74, 6) is 1.70. The predicted molar refractivity (Wildman–Crippen MR) is 101 cm³/mol. The van der Waals surface area contributed by atoms with Crippen molar-refractivity contribution in [1.29, 1.82) is 0 Å². The first-order chi connectivity index (χ1) is 12.7. The smallest absolute Gasteiger partial charge is 0.269 e. The van der Waals surface area contributed by atoms with E-state index < -0.39 is 4.92 Å². The number of non-ortho nitro benzene ring substituents is 1. The maximum atomic E-state index is 10.7. The van der Waals surface area contributed by atoms with Gasteiger partial charge in [0.1, 0.15) is 5.75 Å². The maximum absolute atomic E-state index is 10.7. The van der Waals surface area contributed by atoms with Gasteiger partial charge in [-0.15, -0.1) is 0 Å². The standard InChI is InChI=1S/C19H22N4O3/c1-20-19(22-13-15-2-5-17(6-3-15)23(24)25)21-10-8-14-4-7-18-16(12-14)9-11-26-18/h2-7,12H,8-11,13H2,1H3,(H2,20,21,22). The van der Waals surface area contributed by atoms with Gasteiger partial charge in [-0.1, -0.05) is 24.3 Å². The molecular weight excluding hydrogens is 332 g/mol. The molecular formula is C19H22N4O3. The Hall–Kier alpha value is -3.09. The normalized spacial score (nSPS) is 13.0. The van der Waals surface area contributed by atoms with Crippen LogP contribution >= 0.6 is 0 Å². The number of benzene rings is 2. The van der Waals surface area contributed by atoms with E-state index in [1.165, 1.54) is 23.3 Å². The topological polar surface area (TPSA) is 88.8 Å². The number of aliphatic imine (C=N–C) groups is 1. The minimum absolute atomic E-state index is 0.0935. The van der Waals surface area contributed by atoms with E-state index in [4.69, 9.17) is 4.74 Å². The summed E-state index contributed by atoms with van der Waals surface area (Å²) in [5, 5.41) is 17.2. The molecule has 0 saturated heterocycles. The number of ether oxygens (including phenoxy) is 1. The van der Waals surface area contributed by atoms with Gasteiger partial charge in [-0.05, 0) is 29.2 Å². The lowest BCUT2D eigenvalue weighted by atomic mass is 10.1. The minimum atomic E-state index is -0.400. The number of nitro benzene ring substituents is 1. The number of rotatable bonds is 6. The van der Waals surface area contributed by atoms with Gasteiger partial charge >= 0.3 is 0 Å². The number of nitrogens with zero attached hydrogens (tertiary/aromatic N) is 2. The van der Waals surface area contributed by atoms with Crippen molar-refractivity contribution in [1.82, 2.24) is 10.6 Å². The molecule has 2 N–H and O–H groups in total. The molecule has 0 radical (unpaired) electrons. The van der Waals surface area contributed by atoms with Crippen molar-refractivity contribution in [2.45, 2.75) is 19.4 Å². The van der Waals surface area contributed by atoms with Gasteiger partial charge in [0.25, 0.3) is 5.69 Å². The van der Waals surface area contributed by atoms with Crippen molar-refractivity contribution in [3.63, 3.8) is 0 Å². The lowest BCUT2D eigenvalue weighted by Crippen LogP contribution is -2.37. The van der Waals surface area contributed by atoms with E-state index in [1.807, 2.05) is 6.07 Å². The van der Waals surface area contributed by atoms with E-state index in [0.29, 0.717) is 12.5 Å². The number of nitrogens with one attached hydrogen (secondary N) is 2. The van der Waals surface area contributed by atoms with Crippen LogP contribution in [0.1, 0.15) is 16.7 Å². The molecule has 7 nitrogen and oxygen atoms in total. The molecule has 1 heterocycles. The Morgan fingerprint density at radius 3 is 2.69 bits per heavy atom. The molecule has 0 spiro atoms. The quantitative estimate of drug-likeness (QED) is 0.360. The summed E-state index contributed by atoms with van der Waals surface area (Å²) >= 11 is 0. The molecule has 0 aromatic heterocycles. The number of hydrogen-bond donors (Lipinski definition) is 2. The van der Waals surface area contributed by atoms with E-state index >= 15 is 0 Å². The molecule has 136 valence electrons. The second-order valence-corrected chi connectivity index (χ2v) is 6.07. The molecule has 1 aliphatic rings. The third kappa shape index (κ3) is 4.50. The summed E-state index contributed by atoms with van der Waals surface area (Å²) in [4.78, 5) is 14.5. The molecule has 0 aliphatic carbocycles. The molecule has 2 aromatic carbocycles. The number of fused-ring (bicyclic) bond motifs is 1. The lowest BCUT2D eigenvalue weighted by molar-refractivity contribution is -0.384. The first-order valence-corrected chi connectivity index (χ1v) is 8.58. The predicted octanol–water partition coefficient (Wildman–Crippen LogP) is 2.44. The van der Waals surface area contributed by atoms with Crippen molar-refractivity contribution < 1.29 is 9.66 Å². The van der Waals surface area contributed by atoms with Crippen LogP contribution in [-0.2, 0) is 19.4 Å². The Kier molecular flexibility index (Phi) is 5.68. The Labute approximate surface area is 152 Å². The SMILES string of the molecule is CN=C(NCCc1ccc2c(c1)CCO2)NCc1ccc([N+](=O)[O-])cc1. The molecule has 0 atom stereocenters. The molecule has 0 unspecified atom stereocenters. The fraction of sp³-hybridized carbons (Fsp3) is 0.316. The average Bonchev–Trinajstić information content (AvgIpc) is 3.12. The highest BCUT2D eigenvalue weighted by molar-refractivity contribution is 5.79. The van der Waals surface area contributed by atoms with Crippen LogP contribution in [0.25, 0.3) is 0 Å². The summed E-state index contributed by atoms with van der Waals surface area (Å²) < 4.78 is 5.53. The van der Waals surface area contributed by atoms with Gasteiger partial charge in [-0.2, -0.15) is 0 Å². The van der Waals surface area contributed by atoms with Crippen molar-refractivity contribution >= 4 is 11.6 Å². The average molecular weight is 354 g/mol. The first-order valence-electron chi connectivity index (χ1n) is 8.58. The Balaban J connectivity index is 1.45. The van der Waals surface area contributed by atoms with Gasteiger partial charge in [0.2, 0.25) is 0 Å². The number of nitro groups is 1. The van der Waals surface area contributed by atoms with Crippen LogP contribution in [0.2, 0.25) is 0 Å². The molecule has 26 heavy (non-hydrogen) atoms. The van der Waals surface area contributed by atoms with Crippen molar-refractivity contribution in [2.75, 3.05) is 20.2 Å². The van der Waals surface area contributed by atoms with E-state index in [0.717, 1.165) is 37.3 Å². The van der Waals surface area contributed by atoms with Gasteiger partial charge in [0, 0.05) is 38.7 Å². The third-order valence-corrected chi connectivity index (χ3v) is 4.29. The highest BCUT2D eigenvalue weighted by Gasteiger charge is 2.11. The van der Waals surface area contributed by atoms with E-state index in [-0.39, 0.29) is 5.69 Å². The van der Waals surface area contributed by atoms with Crippen LogP contribution in [0.3, 0.4) is 0 Å². The summed E-state index contributed by atoms with van der Waals surface area (Å²) in [6.07, 6.45) is 1.88. The Bertz CT molecular complexity index is 803. The van der Waals surface area contributed by atoms with E-state index in [9.17, 15) is 10.1 Å². The molecule has 0 bridgehead atoms. The second kappa shape index (κ2) is 8.33. The fourth-order valence-corrected chi connectivity index (χ4v) is 2.86. The second-order valence-electron chi connectivity index (χ2n) is 6.07. The van der Waals surface area contributed by atoms with Crippen molar-refractivity contribution in [3.05, 3.63) is 69.3 Å². The lowest BCUT2D eigenvalue weighted by Gasteiger charge is -2.12. The molecule has 3 rings (SSSR count). The van der Waals surface area contributed by atoms with Crippen LogP contribution in [0.15, 0.2) is 47.5 Å². The van der Waals surface area contributed by atoms with Crippen molar-refractivity contribution in [2.24, 2.45) is 4.99 Å². The van der Waals surface area contributed by atoms with Gasteiger partial charge in [0.15, 0.2) is 5.96 Å². The van der Waals surface area contributed by atoms with Gasteiger partial charge in [-0.25, -0.2) is 0 Å². The first kappa shape index (κ1) is 17.7. The van der Waals surface area contributed by atoms with Gasteiger partial charge in [-0.3, -0.25) is 15.1 Å². The van der Waals surface area contributed by atoms with Crippen LogP contribution in [0.5, 0.6) is 5.75 Å². The monoisotopic (exact) mass is 354 g/mol. The zero-order valence-corrected chi connectivity index (χ0v) is 14.7. The van der Waals surface area contributed by atoms with Crippen LogP contribution < -0.4 is 15.4 Å².